The summed E-state index contributed by atoms with van der Waals surface area (Å²) in [6, 6.07) is 4.92. The third kappa shape index (κ3) is 3.00. The molecular weight excluding hydrogens is 357 g/mol. The van der Waals surface area contributed by atoms with E-state index in [-0.39, 0.29) is 44.8 Å². The van der Waals surface area contributed by atoms with Gasteiger partial charge in [0.2, 0.25) is 12.6 Å². The van der Waals surface area contributed by atoms with Gasteiger partial charge in [-0.05, 0) is 12.1 Å². The Kier molecular flexibility index (Phi) is 3.85. The summed E-state index contributed by atoms with van der Waals surface area (Å²) in [5.41, 5.74) is 0. The quantitative estimate of drug-likeness (QED) is 0.814. The molecule has 0 fully saturated rings. The summed E-state index contributed by atoms with van der Waals surface area (Å²) in [5.74, 6) is 0.254. The molecule has 2 aliphatic heterocycles. The molecular formula is C15H13F3N4O4. The van der Waals surface area contributed by atoms with Gasteiger partial charge in [-0.25, -0.2) is 0 Å². The SMILES string of the molecule is O=C(COc1ccc2c(c1)OCO2)N1CCn2c(nnc2C(F)(F)F)C1. The monoisotopic (exact) mass is 370 g/mol. The first-order chi connectivity index (χ1) is 12.4. The second kappa shape index (κ2) is 6.07. The van der Waals surface area contributed by atoms with Crippen molar-refractivity contribution in [3.63, 3.8) is 0 Å². The zero-order valence-corrected chi connectivity index (χ0v) is 13.3. The third-order valence-electron chi connectivity index (χ3n) is 4.07. The van der Waals surface area contributed by atoms with Crippen LogP contribution < -0.4 is 14.2 Å². The van der Waals surface area contributed by atoms with E-state index in [0.717, 1.165) is 4.57 Å². The number of alkyl halides is 3. The third-order valence-corrected chi connectivity index (χ3v) is 4.07. The zero-order valence-electron chi connectivity index (χ0n) is 13.3. The van der Waals surface area contributed by atoms with Gasteiger partial charge in [-0.1, -0.05) is 0 Å². The minimum atomic E-state index is -4.57. The summed E-state index contributed by atoms with van der Waals surface area (Å²) in [6.45, 7) is -0.0667. The smallest absolute Gasteiger partial charge is 0.451 e. The van der Waals surface area contributed by atoms with Gasteiger partial charge < -0.3 is 23.7 Å². The Hall–Kier alpha value is -2.98. The van der Waals surface area contributed by atoms with Gasteiger partial charge in [-0.15, -0.1) is 10.2 Å². The summed E-state index contributed by atoms with van der Waals surface area (Å²) >= 11 is 0. The summed E-state index contributed by atoms with van der Waals surface area (Å²) in [7, 11) is 0. The normalized spacial score (nSPS) is 15.7. The molecule has 1 aromatic heterocycles. The predicted octanol–water partition coefficient (Wildman–Crippen LogP) is 1.45. The molecule has 0 bridgehead atoms. The molecule has 0 saturated heterocycles. The van der Waals surface area contributed by atoms with Crippen LogP contribution in [0.3, 0.4) is 0 Å². The molecule has 0 aliphatic carbocycles. The molecule has 1 amide bonds. The van der Waals surface area contributed by atoms with E-state index < -0.39 is 12.0 Å². The van der Waals surface area contributed by atoms with Crippen molar-refractivity contribution in [2.75, 3.05) is 19.9 Å². The number of ether oxygens (including phenoxy) is 3. The Bertz CT molecular complexity index is 852. The van der Waals surface area contributed by atoms with Gasteiger partial charge >= 0.3 is 6.18 Å². The second-order valence-corrected chi connectivity index (χ2v) is 5.71. The lowest BCUT2D eigenvalue weighted by atomic mass is 10.3. The molecule has 0 saturated carbocycles. The molecule has 2 aromatic rings. The maximum Gasteiger partial charge on any atom is 0.451 e. The van der Waals surface area contributed by atoms with E-state index in [9.17, 15) is 18.0 Å². The van der Waals surface area contributed by atoms with Gasteiger partial charge in [0.05, 0.1) is 6.54 Å². The number of carbonyl (C=O) groups is 1. The largest absolute Gasteiger partial charge is 0.484 e. The summed E-state index contributed by atoms with van der Waals surface area (Å²) in [4.78, 5) is 13.7. The summed E-state index contributed by atoms with van der Waals surface area (Å²) < 4.78 is 55.3. The topological polar surface area (TPSA) is 78.7 Å². The lowest BCUT2D eigenvalue weighted by Crippen LogP contribution is -2.41. The van der Waals surface area contributed by atoms with Crippen LogP contribution in [0, 0.1) is 0 Å². The van der Waals surface area contributed by atoms with Crippen LogP contribution in [-0.2, 0) is 24.1 Å². The van der Waals surface area contributed by atoms with Crippen molar-refractivity contribution < 1.29 is 32.2 Å². The van der Waals surface area contributed by atoms with Crippen molar-refractivity contribution >= 4 is 5.91 Å². The van der Waals surface area contributed by atoms with Gasteiger partial charge in [-0.2, -0.15) is 13.2 Å². The molecule has 0 N–H and O–H groups in total. The molecule has 1 aromatic carbocycles. The Morgan fingerprint density at radius 3 is 2.81 bits per heavy atom. The minimum absolute atomic E-state index is 0.0209. The molecule has 26 heavy (non-hydrogen) atoms. The molecule has 4 rings (SSSR count). The molecule has 0 unspecified atom stereocenters. The number of hydrogen-bond acceptors (Lipinski definition) is 6. The highest BCUT2D eigenvalue weighted by molar-refractivity contribution is 5.77. The Morgan fingerprint density at radius 2 is 2.00 bits per heavy atom. The molecule has 11 heteroatoms. The average molecular weight is 370 g/mol. The fourth-order valence-corrected chi connectivity index (χ4v) is 2.78. The molecule has 3 heterocycles. The molecule has 0 radical (unpaired) electrons. The summed E-state index contributed by atoms with van der Waals surface area (Å²) in [6.07, 6.45) is -4.57. The molecule has 138 valence electrons. The van der Waals surface area contributed by atoms with E-state index in [0.29, 0.717) is 17.2 Å². The lowest BCUT2D eigenvalue weighted by Gasteiger charge is -2.28. The van der Waals surface area contributed by atoms with Crippen LogP contribution in [0.1, 0.15) is 11.6 Å². The van der Waals surface area contributed by atoms with Crippen LogP contribution in [0.2, 0.25) is 0 Å². The van der Waals surface area contributed by atoms with Gasteiger partial charge in [0.15, 0.2) is 23.9 Å². The first-order valence-corrected chi connectivity index (χ1v) is 7.71. The minimum Gasteiger partial charge on any atom is -0.484 e. The molecule has 2 aliphatic rings. The van der Waals surface area contributed by atoms with E-state index in [1.165, 1.54) is 4.90 Å². The Labute approximate surface area is 145 Å². The Morgan fingerprint density at radius 1 is 1.19 bits per heavy atom. The first kappa shape index (κ1) is 16.5. The Balaban J connectivity index is 1.38. The maximum atomic E-state index is 12.8. The van der Waals surface area contributed by atoms with Crippen LogP contribution >= 0.6 is 0 Å². The van der Waals surface area contributed by atoms with E-state index >= 15 is 0 Å². The maximum absolute atomic E-state index is 12.8. The van der Waals surface area contributed by atoms with Crippen molar-refractivity contribution in [3.8, 4) is 17.2 Å². The van der Waals surface area contributed by atoms with Crippen molar-refractivity contribution in [3.05, 3.63) is 29.8 Å². The van der Waals surface area contributed by atoms with Crippen molar-refractivity contribution in [1.82, 2.24) is 19.7 Å². The number of benzene rings is 1. The lowest BCUT2D eigenvalue weighted by molar-refractivity contribution is -0.148. The number of fused-ring (bicyclic) bond motifs is 2. The fraction of sp³-hybridized carbons (Fsp3) is 0.400. The number of aromatic nitrogens is 3. The van der Waals surface area contributed by atoms with E-state index in [2.05, 4.69) is 10.2 Å². The average Bonchev–Trinajstić information content (AvgIpc) is 3.24. The van der Waals surface area contributed by atoms with Gasteiger partial charge in [-0.3, -0.25) is 4.79 Å². The van der Waals surface area contributed by atoms with Crippen LogP contribution in [0.5, 0.6) is 17.2 Å². The molecule has 0 spiro atoms. The van der Waals surface area contributed by atoms with E-state index in [1.54, 1.807) is 18.2 Å². The highest BCUT2D eigenvalue weighted by Gasteiger charge is 2.39. The van der Waals surface area contributed by atoms with E-state index in [4.69, 9.17) is 14.2 Å². The number of rotatable bonds is 3. The van der Waals surface area contributed by atoms with Gasteiger partial charge in [0.25, 0.3) is 5.91 Å². The van der Waals surface area contributed by atoms with Gasteiger partial charge in [0.1, 0.15) is 5.75 Å². The number of halogens is 3. The highest BCUT2D eigenvalue weighted by atomic mass is 19.4. The van der Waals surface area contributed by atoms with Crippen LogP contribution in [0.4, 0.5) is 13.2 Å². The zero-order chi connectivity index (χ0) is 18.3. The van der Waals surface area contributed by atoms with Gasteiger partial charge in [0, 0.05) is 19.2 Å². The number of amides is 1. The standard InChI is InChI=1S/C15H13F3N4O4/c16-15(17,18)14-20-19-12-6-21(3-4-22(12)14)13(23)7-24-9-1-2-10-11(5-9)26-8-25-10/h1-2,5H,3-4,6-8H2. The van der Waals surface area contributed by atoms with Crippen molar-refractivity contribution in [1.29, 1.82) is 0 Å². The molecule has 8 nitrogen and oxygen atoms in total. The van der Waals surface area contributed by atoms with Crippen LogP contribution in [0.15, 0.2) is 18.2 Å². The fourth-order valence-electron chi connectivity index (χ4n) is 2.78. The second-order valence-electron chi connectivity index (χ2n) is 5.71. The van der Waals surface area contributed by atoms with E-state index in [1.807, 2.05) is 0 Å². The number of hydrogen-bond donors (Lipinski definition) is 0. The molecule has 0 atom stereocenters. The predicted molar refractivity (Wildman–Crippen MR) is 78.5 cm³/mol. The van der Waals surface area contributed by atoms with Crippen molar-refractivity contribution in [2.45, 2.75) is 19.3 Å². The summed E-state index contributed by atoms with van der Waals surface area (Å²) in [5, 5.41) is 6.72. The number of carbonyl (C=O) groups excluding carboxylic acids is 1. The first-order valence-electron chi connectivity index (χ1n) is 7.71. The van der Waals surface area contributed by atoms with Crippen LogP contribution in [-0.4, -0.2) is 45.5 Å². The van der Waals surface area contributed by atoms with Crippen LogP contribution in [0.25, 0.3) is 0 Å². The van der Waals surface area contributed by atoms with Crippen molar-refractivity contribution in [2.24, 2.45) is 0 Å². The highest BCUT2D eigenvalue weighted by Crippen LogP contribution is 2.35. The number of nitrogens with zero attached hydrogens (tertiary/aromatic N) is 4.